The molecule has 1 aliphatic heterocycles. The summed E-state index contributed by atoms with van der Waals surface area (Å²) >= 11 is 0.0853. The molecule has 20 heavy (non-hydrogen) atoms. The molecule has 0 radical (unpaired) electrons. The number of rotatable bonds is 1. The van der Waals surface area contributed by atoms with Crippen molar-refractivity contribution in [2.45, 2.75) is 36.0 Å². The Morgan fingerprint density at radius 3 is 2.40 bits per heavy atom. The van der Waals surface area contributed by atoms with Crippen molar-refractivity contribution in [3.63, 3.8) is 0 Å². The molecule has 0 fully saturated rings. The first-order valence-corrected chi connectivity index (χ1v) is 10.1. The number of benzene rings is 2. The molecular weight excluding hydrogens is 333 g/mol. The summed E-state index contributed by atoms with van der Waals surface area (Å²) in [5, 5.41) is 0. The first kappa shape index (κ1) is 14.0. The first-order chi connectivity index (χ1) is 9.41. The Morgan fingerprint density at radius 2 is 1.75 bits per heavy atom. The van der Waals surface area contributed by atoms with E-state index < -0.39 is 10.1 Å². The normalized spacial score (nSPS) is 18.6. The molecule has 0 amide bonds. The Hall–Kier alpha value is -0.931. The molecule has 1 N–H and O–H groups in total. The van der Waals surface area contributed by atoms with Crippen molar-refractivity contribution in [2.75, 3.05) is 0 Å². The van der Waals surface area contributed by atoms with Gasteiger partial charge < -0.3 is 0 Å². The minimum absolute atomic E-state index is 0.0853. The number of thiol groups is 1. The third-order valence-corrected chi connectivity index (χ3v) is 9.71. The average molecular weight is 352 g/mol. The molecule has 106 valence electrons. The summed E-state index contributed by atoms with van der Waals surface area (Å²) in [5.74, 6) is 0. The van der Waals surface area contributed by atoms with Crippen molar-refractivity contribution in [3.8, 4) is 0 Å². The summed E-state index contributed by atoms with van der Waals surface area (Å²) in [4.78, 5) is 1.90. The Balaban J connectivity index is 2.10. The van der Waals surface area contributed by atoms with Crippen LogP contribution < -0.4 is 8.20 Å². The predicted octanol–water partition coefficient (Wildman–Crippen LogP) is 2.18. The minimum atomic E-state index is -2.61. The van der Waals surface area contributed by atoms with E-state index in [4.69, 9.17) is 0 Å². The molecule has 0 spiro atoms. The fourth-order valence-electron chi connectivity index (χ4n) is 2.31. The Kier molecular flexibility index (Phi) is 3.38. The number of fused-ring (bicyclic) bond motifs is 1. The average Bonchev–Trinajstić information content (AvgIpc) is 2.77. The van der Waals surface area contributed by atoms with Crippen molar-refractivity contribution in [2.24, 2.45) is 0 Å². The van der Waals surface area contributed by atoms with E-state index in [1.165, 1.54) is 10.0 Å². The molecule has 1 heterocycles. The van der Waals surface area contributed by atoms with E-state index in [1.807, 2.05) is 30.3 Å². The van der Waals surface area contributed by atoms with Crippen LogP contribution in [0.5, 0.6) is 0 Å². The van der Waals surface area contributed by atoms with Crippen molar-refractivity contribution in [3.05, 3.63) is 54.1 Å². The molecule has 0 atom stereocenters. The fourth-order valence-corrected chi connectivity index (χ4v) is 8.78. The molecule has 4 heteroatoms. The summed E-state index contributed by atoms with van der Waals surface area (Å²) in [6, 6.07) is 16.2. The molecule has 2 nitrogen and oxygen atoms in total. The van der Waals surface area contributed by atoms with E-state index in [0.29, 0.717) is 0 Å². The van der Waals surface area contributed by atoms with E-state index >= 15 is 0 Å². The summed E-state index contributed by atoms with van der Waals surface area (Å²) in [7, 11) is -2.61. The molecule has 1 aliphatic rings. The van der Waals surface area contributed by atoms with Gasteiger partial charge in [-0.1, -0.05) is 0 Å². The zero-order chi connectivity index (χ0) is 14.4. The van der Waals surface area contributed by atoms with Crippen LogP contribution in [0.4, 0.5) is 0 Å². The second kappa shape index (κ2) is 4.81. The molecule has 0 aliphatic carbocycles. The number of hydrogen-bond donors (Lipinski definition) is 2. The maximum absolute atomic E-state index is 13.3. The van der Waals surface area contributed by atoms with E-state index in [2.05, 4.69) is 42.7 Å². The van der Waals surface area contributed by atoms with Crippen LogP contribution in [0, 0.1) is 0 Å². The van der Waals surface area contributed by atoms with Crippen LogP contribution in [0.25, 0.3) is 0 Å². The Morgan fingerprint density at radius 1 is 1.05 bits per heavy atom. The van der Waals surface area contributed by atoms with Gasteiger partial charge in [0.15, 0.2) is 0 Å². The van der Waals surface area contributed by atoms with E-state index in [1.54, 1.807) is 0 Å². The fraction of sp³-hybridized carbons (Fsp3) is 0.250. The Bertz CT molecular complexity index is 691. The van der Waals surface area contributed by atoms with Gasteiger partial charge in [-0.2, -0.15) is 0 Å². The van der Waals surface area contributed by atoms with Crippen LogP contribution in [0.2, 0.25) is 0 Å². The van der Waals surface area contributed by atoms with E-state index in [-0.39, 0.29) is 20.6 Å². The summed E-state index contributed by atoms with van der Waals surface area (Å²) in [6.07, 6.45) is 0. The van der Waals surface area contributed by atoms with Gasteiger partial charge in [-0.3, -0.25) is 0 Å². The molecule has 0 unspecified atom stereocenters. The van der Waals surface area contributed by atoms with Crippen molar-refractivity contribution < 1.29 is 4.21 Å². The molecule has 2 aromatic rings. The molecule has 0 bridgehead atoms. The molecule has 0 saturated heterocycles. The molecular formula is C16H19NOSSe. The quantitative estimate of drug-likeness (QED) is 0.598. The van der Waals surface area contributed by atoms with Crippen LogP contribution in [-0.2, 0) is 15.5 Å². The van der Waals surface area contributed by atoms with Gasteiger partial charge in [-0.25, -0.2) is 0 Å². The van der Waals surface area contributed by atoms with Crippen LogP contribution >= 0.6 is 0 Å². The van der Waals surface area contributed by atoms with Crippen LogP contribution in [0.15, 0.2) is 58.3 Å². The van der Waals surface area contributed by atoms with Gasteiger partial charge in [0.25, 0.3) is 0 Å². The van der Waals surface area contributed by atoms with Gasteiger partial charge in [-0.15, -0.1) is 0 Å². The van der Waals surface area contributed by atoms with Crippen LogP contribution in [-0.4, -0.2) is 19.4 Å². The van der Waals surface area contributed by atoms with Gasteiger partial charge in [0.1, 0.15) is 0 Å². The van der Waals surface area contributed by atoms with Crippen LogP contribution in [0.1, 0.15) is 26.3 Å². The maximum atomic E-state index is 13.3. The topological polar surface area (TPSA) is 29.1 Å². The molecule has 0 aromatic heterocycles. The monoisotopic (exact) mass is 353 g/mol. The zero-order valence-corrected chi connectivity index (χ0v) is 14.5. The third-order valence-electron chi connectivity index (χ3n) is 3.57. The van der Waals surface area contributed by atoms with Gasteiger partial charge >= 0.3 is 128 Å². The zero-order valence-electron chi connectivity index (χ0n) is 11.9. The standard InChI is InChI=1S/C16H19NOSSe/c1-16(2,3)12-9-10-14-15(11-12)20-17-19(14,18)13-7-5-4-6-8-13/h4-11,19H,1-3H3,(H,17,18). The van der Waals surface area contributed by atoms with Crippen LogP contribution in [0.3, 0.4) is 0 Å². The Labute approximate surface area is 127 Å². The molecule has 3 rings (SSSR count). The summed E-state index contributed by atoms with van der Waals surface area (Å²) < 4.78 is 17.8. The number of hydrogen-bond acceptors (Lipinski definition) is 1. The molecule has 2 aromatic carbocycles. The van der Waals surface area contributed by atoms with Gasteiger partial charge in [0.05, 0.1) is 0 Å². The second-order valence-electron chi connectivity index (χ2n) is 6.07. The molecule has 0 saturated carbocycles. The van der Waals surface area contributed by atoms with Crippen molar-refractivity contribution in [1.29, 1.82) is 0 Å². The predicted molar refractivity (Wildman–Crippen MR) is 86.2 cm³/mol. The van der Waals surface area contributed by atoms with E-state index in [9.17, 15) is 4.21 Å². The van der Waals surface area contributed by atoms with Gasteiger partial charge in [-0.05, 0) is 0 Å². The first-order valence-electron chi connectivity index (χ1n) is 6.66. The second-order valence-corrected chi connectivity index (χ2v) is 11.0. The summed E-state index contributed by atoms with van der Waals surface area (Å²) in [6.45, 7) is 6.63. The van der Waals surface area contributed by atoms with Crippen molar-refractivity contribution >= 4 is 29.8 Å². The SMILES string of the molecule is CC(C)(C)c1ccc2c(c1)[Se]N[SH]2(=O)c1ccccc1. The third kappa shape index (κ3) is 2.27. The van der Waals surface area contributed by atoms with Gasteiger partial charge in [0.2, 0.25) is 0 Å². The summed E-state index contributed by atoms with van der Waals surface area (Å²) in [5.41, 5.74) is 1.44. The van der Waals surface area contributed by atoms with Crippen molar-refractivity contribution in [1.82, 2.24) is 3.74 Å². The van der Waals surface area contributed by atoms with Gasteiger partial charge in [0, 0.05) is 0 Å². The van der Waals surface area contributed by atoms with E-state index in [0.717, 1.165) is 9.79 Å². The number of nitrogens with one attached hydrogen (secondary N) is 1.